The van der Waals surface area contributed by atoms with Crippen molar-refractivity contribution in [1.29, 1.82) is 0 Å². The minimum atomic E-state index is -0.401. The van der Waals surface area contributed by atoms with E-state index in [9.17, 15) is 9.59 Å². The van der Waals surface area contributed by atoms with Crippen LogP contribution in [0.5, 0.6) is 0 Å². The summed E-state index contributed by atoms with van der Waals surface area (Å²) in [6.45, 7) is 3.71. The Kier molecular flexibility index (Phi) is 3.34. The van der Waals surface area contributed by atoms with Crippen molar-refractivity contribution in [2.75, 3.05) is 0 Å². The van der Waals surface area contributed by atoms with Gasteiger partial charge in [-0.05, 0) is 32.0 Å². The molecule has 2 atom stereocenters. The van der Waals surface area contributed by atoms with Gasteiger partial charge in [-0.3, -0.25) is 0 Å². The third-order valence-electron chi connectivity index (χ3n) is 3.55. The number of nitrogens with zero attached hydrogens (tertiary/aromatic N) is 3. The van der Waals surface area contributed by atoms with Crippen LogP contribution in [0.3, 0.4) is 0 Å². The molecule has 1 aliphatic rings. The number of rotatable bonds is 1. The van der Waals surface area contributed by atoms with Crippen molar-refractivity contribution >= 4 is 23.2 Å². The van der Waals surface area contributed by atoms with Crippen LogP contribution in [0.25, 0.3) is 5.69 Å². The molecule has 0 radical (unpaired) electrons. The summed E-state index contributed by atoms with van der Waals surface area (Å²) in [6, 6.07) is 4.28. The number of aromatic nitrogens is 3. The second kappa shape index (κ2) is 4.93. The van der Waals surface area contributed by atoms with E-state index in [1.807, 2.05) is 26.0 Å². The van der Waals surface area contributed by atoms with Crippen molar-refractivity contribution in [3.05, 3.63) is 61.4 Å². The highest BCUT2D eigenvalue weighted by atomic mass is 35.5. The first-order valence-electron chi connectivity index (χ1n) is 6.51. The Balaban J connectivity index is 2.34. The minimum Gasteiger partial charge on any atom is -0.245 e. The molecule has 3 rings (SSSR count). The molecular formula is C14H13Cl2N3O2. The SMILES string of the molecule is CC1C=CC(C)n2c(=O)n(-c3cc(Cl)cc(Cl)c3)c(=O)n21. The first-order chi connectivity index (χ1) is 9.90. The summed E-state index contributed by atoms with van der Waals surface area (Å²) in [6.07, 6.45) is 3.81. The van der Waals surface area contributed by atoms with Crippen molar-refractivity contribution in [1.82, 2.24) is 13.9 Å². The van der Waals surface area contributed by atoms with E-state index >= 15 is 0 Å². The van der Waals surface area contributed by atoms with Crippen LogP contribution in [0.1, 0.15) is 25.9 Å². The first kappa shape index (κ1) is 14.2. The highest BCUT2D eigenvalue weighted by molar-refractivity contribution is 6.34. The Morgan fingerprint density at radius 3 is 1.71 bits per heavy atom. The standard InChI is InChI=1S/C14H13Cl2N3O2/c1-8-3-4-9(2)19-14(21)17(13(20)18(8)19)12-6-10(15)5-11(16)7-12/h3-9H,1-2H3. The molecule has 1 aromatic carbocycles. The third kappa shape index (κ3) is 2.17. The van der Waals surface area contributed by atoms with Crippen LogP contribution >= 0.6 is 23.2 Å². The lowest BCUT2D eigenvalue weighted by molar-refractivity contribution is 0.375. The Morgan fingerprint density at radius 2 is 1.29 bits per heavy atom. The number of hydrogen-bond acceptors (Lipinski definition) is 2. The number of allylic oxidation sites excluding steroid dienone is 2. The summed E-state index contributed by atoms with van der Waals surface area (Å²) < 4.78 is 3.99. The number of benzene rings is 1. The molecule has 2 aromatic rings. The fourth-order valence-corrected chi connectivity index (χ4v) is 3.10. The molecule has 1 aliphatic heterocycles. The Bertz CT molecular complexity index is 796. The van der Waals surface area contributed by atoms with Crippen LogP contribution in [0.2, 0.25) is 10.0 Å². The predicted octanol–water partition coefficient (Wildman–Crippen LogP) is 2.80. The Morgan fingerprint density at radius 1 is 0.857 bits per heavy atom. The van der Waals surface area contributed by atoms with Crippen LogP contribution in [-0.4, -0.2) is 13.9 Å². The molecular weight excluding hydrogens is 313 g/mol. The molecule has 0 spiro atoms. The maximum atomic E-state index is 12.6. The highest BCUT2D eigenvalue weighted by Gasteiger charge is 2.25. The van der Waals surface area contributed by atoms with Crippen LogP contribution in [-0.2, 0) is 0 Å². The van der Waals surface area contributed by atoms with E-state index in [-0.39, 0.29) is 12.1 Å². The summed E-state index contributed by atoms with van der Waals surface area (Å²) in [5.74, 6) is 0. The molecule has 0 N–H and O–H groups in total. The van der Waals surface area contributed by atoms with Gasteiger partial charge in [-0.2, -0.15) is 0 Å². The molecule has 0 fully saturated rings. The maximum absolute atomic E-state index is 12.6. The zero-order chi connectivity index (χ0) is 15.3. The maximum Gasteiger partial charge on any atom is 0.352 e. The fourth-order valence-electron chi connectivity index (χ4n) is 2.59. The lowest BCUT2D eigenvalue weighted by atomic mass is 10.2. The molecule has 5 nitrogen and oxygen atoms in total. The lowest BCUT2D eigenvalue weighted by Crippen LogP contribution is -2.33. The molecule has 21 heavy (non-hydrogen) atoms. The highest BCUT2D eigenvalue weighted by Crippen LogP contribution is 2.22. The summed E-state index contributed by atoms with van der Waals surface area (Å²) in [4.78, 5) is 25.2. The monoisotopic (exact) mass is 325 g/mol. The van der Waals surface area contributed by atoms with Gasteiger partial charge >= 0.3 is 11.4 Å². The van der Waals surface area contributed by atoms with Crippen molar-refractivity contribution in [2.24, 2.45) is 0 Å². The molecule has 0 saturated carbocycles. The van der Waals surface area contributed by atoms with Gasteiger partial charge in [0, 0.05) is 10.0 Å². The first-order valence-corrected chi connectivity index (χ1v) is 7.26. The van der Waals surface area contributed by atoms with Gasteiger partial charge in [-0.15, -0.1) is 0 Å². The van der Waals surface area contributed by atoms with E-state index in [4.69, 9.17) is 23.2 Å². The largest absolute Gasteiger partial charge is 0.352 e. The number of hydrogen-bond donors (Lipinski definition) is 0. The van der Waals surface area contributed by atoms with E-state index < -0.39 is 11.4 Å². The summed E-state index contributed by atoms with van der Waals surface area (Å²) in [7, 11) is 0. The van der Waals surface area contributed by atoms with E-state index in [0.29, 0.717) is 15.7 Å². The Hall–Kier alpha value is -1.72. The van der Waals surface area contributed by atoms with Gasteiger partial charge in [0.1, 0.15) is 0 Å². The minimum absolute atomic E-state index is 0.183. The number of halogens is 2. The molecule has 0 saturated heterocycles. The van der Waals surface area contributed by atoms with Crippen molar-refractivity contribution in [3.63, 3.8) is 0 Å². The van der Waals surface area contributed by atoms with Gasteiger partial charge in [0.15, 0.2) is 0 Å². The zero-order valence-electron chi connectivity index (χ0n) is 11.5. The van der Waals surface area contributed by atoms with Gasteiger partial charge in [-0.25, -0.2) is 23.5 Å². The van der Waals surface area contributed by atoms with E-state index in [1.165, 1.54) is 9.36 Å². The van der Waals surface area contributed by atoms with Crippen molar-refractivity contribution in [3.8, 4) is 5.69 Å². The van der Waals surface area contributed by atoms with Gasteiger partial charge in [0.25, 0.3) is 0 Å². The average molecular weight is 326 g/mol. The van der Waals surface area contributed by atoms with Gasteiger partial charge < -0.3 is 0 Å². The molecule has 1 aromatic heterocycles. The molecule has 7 heteroatoms. The van der Waals surface area contributed by atoms with Crippen molar-refractivity contribution in [2.45, 2.75) is 25.9 Å². The normalized spacial score (nSPS) is 20.6. The third-order valence-corrected chi connectivity index (χ3v) is 3.99. The van der Waals surface area contributed by atoms with Crippen LogP contribution in [0.4, 0.5) is 0 Å². The van der Waals surface area contributed by atoms with Crippen LogP contribution in [0, 0.1) is 0 Å². The van der Waals surface area contributed by atoms with E-state index in [1.54, 1.807) is 18.2 Å². The van der Waals surface area contributed by atoms with Gasteiger partial charge in [0.2, 0.25) is 0 Å². The van der Waals surface area contributed by atoms with Crippen molar-refractivity contribution < 1.29 is 0 Å². The van der Waals surface area contributed by atoms with Gasteiger partial charge in [-0.1, -0.05) is 35.4 Å². The summed E-state index contributed by atoms with van der Waals surface area (Å²) in [5.41, 5.74) is -0.430. The average Bonchev–Trinajstić information content (AvgIpc) is 2.66. The predicted molar refractivity (Wildman–Crippen MR) is 82.9 cm³/mol. The van der Waals surface area contributed by atoms with Crippen LogP contribution < -0.4 is 11.4 Å². The second-order valence-electron chi connectivity index (χ2n) is 5.08. The smallest absolute Gasteiger partial charge is 0.245 e. The number of fused-ring (bicyclic) bond motifs is 1. The van der Waals surface area contributed by atoms with E-state index in [0.717, 1.165) is 4.57 Å². The molecule has 2 heterocycles. The molecule has 2 unspecified atom stereocenters. The summed E-state index contributed by atoms with van der Waals surface area (Å²) in [5, 5.41) is 0.745. The summed E-state index contributed by atoms with van der Waals surface area (Å²) >= 11 is 11.9. The molecule has 0 aliphatic carbocycles. The fraction of sp³-hybridized carbons (Fsp3) is 0.286. The van der Waals surface area contributed by atoms with Gasteiger partial charge in [0.05, 0.1) is 17.8 Å². The Labute approximate surface area is 130 Å². The molecule has 0 amide bonds. The zero-order valence-corrected chi connectivity index (χ0v) is 13.0. The lowest BCUT2D eigenvalue weighted by Gasteiger charge is -2.21. The van der Waals surface area contributed by atoms with Crippen LogP contribution in [0.15, 0.2) is 39.9 Å². The molecule has 110 valence electrons. The second-order valence-corrected chi connectivity index (χ2v) is 5.96. The topological polar surface area (TPSA) is 48.9 Å². The molecule has 0 bridgehead atoms. The quantitative estimate of drug-likeness (QED) is 0.757. The van der Waals surface area contributed by atoms with E-state index in [2.05, 4.69) is 0 Å².